The summed E-state index contributed by atoms with van der Waals surface area (Å²) in [6, 6.07) is 6.64. The van der Waals surface area contributed by atoms with Crippen molar-refractivity contribution in [3.63, 3.8) is 0 Å². The van der Waals surface area contributed by atoms with Crippen LogP contribution >= 0.6 is 0 Å². The maximum atomic E-state index is 12.1. The fourth-order valence-electron chi connectivity index (χ4n) is 2.29. The average Bonchev–Trinajstić information content (AvgIpc) is 3.04. The predicted molar refractivity (Wildman–Crippen MR) is 66.8 cm³/mol. The van der Waals surface area contributed by atoms with Gasteiger partial charge in [0.1, 0.15) is 5.75 Å². The molecule has 1 aliphatic rings. The van der Waals surface area contributed by atoms with Crippen molar-refractivity contribution in [2.24, 2.45) is 5.92 Å². The molecule has 0 heterocycles. The number of benzene rings is 1. The SMILES string of the molecule is CCCC1CC1NCc1cccc(OC(F)(F)F)c1. The number of halogens is 3. The number of rotatable bonds is 6. The van der Waals surface area contributed by atoms with Gasteiger partial charge in [0.2, 0.25) is 0 Å². The summed E-state index contributed by atoms with van der Waals surface area (Å²) in [5.74, 6) is 0.576. The van der Waals surface area contributed by atoms with Crippen molar-refractivity contribution in [2.45, 2.75) is 45.1 Å². The zero-order valence-corrected chi connectivity index (χ0v) is 10.8. The first kappa shape index (κ1) is 14.2. The molecule has 2 rings (SSSR count). The Kier molecular flexibility index (Phi) is 4.34. The van der Waals surface area contributed by atoms with Gasteiger partial charge >= 0.3 is 6.36 Å². The maximum absolute atomic E-state index is 12.1. The first-order valence-corrected chi connectivity index (χ1v) is 6.56. The molecular formula is C14H18F3NO. The molecule has 1 N–H and O–H groups in total. The highest BCUT2D eigenvalue weighted by atomic mass is 19.4. The highest BCUT2D eigenvalue weighted by Gasteiger charge is 2.35. The Bertz CT molecular complexity index is 419. The van der Waals surface area contributed by atoms with Crippen LogP contribution in [0.15, 0.2) is 24.3 Å². The molecule has 106 valence electrons. The van der Waals surface area contributed by atoms with Crippen LogP contribution < -0.4 is 10.1 Å². The summed E-state index contributed by atoms with van der Waals surface area (Å²) in [5.41, 5.74) is 0.809. The van der Waals surface area contributed by atoms with Crippen LogP contribution in [0, 0.1) is 5.92 Å². The van der Waals surface area contributed by atoms with E-state index in [0.717, 1.165) is 11.5 Å². The normalized spacial score (nSPS) is 22.3. The van der Waals surface area contributed by atoms with Crippen molar-refractivity contribution in [3.8, 4) is 5.75 Å². The van der Waals surface area contributed by atoms with E-state index in [1.54, 1.807) is 12.1 Å². The Labute approximate surface area is 111 Å². The molecule has 2 nitrogen and oxygen atoms in total. The van der Waals surface area contributed by atoms with Crippen LogP contribution in [0.5, 0.6) is 5.75 Å². The second kappa shape index (κ2) is 5.82. The lowest BCUT2D eigenvalue weighted by Crippen LogP contribution is -2.19. The first-order chi connectivity index (χ1) is 8.98. The van der Waals surface area contributed by atoms with E-state index < -0.39 is 6.36 Å². The third-order valence-electron chi connectivity index (χ3n) is 3.28. The summed E-state index contributed by atoms with van der Waals surface area (Å²) in [5, 5.41) is 3.36. The minimum atomic E-state index is -4.63. The molecule has 0 radical (unpaired) electrons. The molecule has 1 aromatic rings. The average molecular weight is 273 g/mol. The second-order valence-corrected chi connectivity index (χ2v) is 4.97. The molecule has 5 heteroatoms. The summed E-state index contributed by atoms with van der Waals surface area (Å²) < 4.78 is 40.2. The largest absolute Gasteiger partial charge is 0.573 e. The van der Waals surface area contributed by atoms with E-state index in [-0.39, 0.29) is 5.75 Å². The quantitative estimate of drug-likeness (QED) is 0.849. The van der Waals surface area contributed by atoms with E-state index >= 15 is 0 Å². The topological polar surface area (TPSA) is 21.3 Å². The van der Waals surface area contributed by atoms with Crippen molar-refractivity contribution in [1.29, 1.82) is 0 Å². The number of ether oxygens (including phenoxy) is 1. The van der Waals surface area contributed by atoms with Crippen LogP contribution in [0.25, 0.3) is 0 Å². The lowest BCUT2D eigenvalue weighted by Gasteiger charge is -2.10. The molecule has 0 bridgehead atoms. The van der Waals surface area contributed by atoms with Gasteiger partial charge in [-0.3, -0.25) is 0 Å². The van der Waals surface area contributed by atoms with Gasteiger partial charge in [-0.05, 0) is 36.5 Å². The van der Waals surface area contributed by atoms with Crippen LogP contribution in [-0.4, -0.2) is 12.4 Å². The predicted octanol–water partition coefficient (Wildman–Crippen LogP) is 3.86. The van der Waals surface area contributed by atoms with Crippen molar-refractivity contribution < 1.29 is 17.9 Å². The molecule has 2 unspecified atom stereocenters. The van der Waals surface area contributed by atoms with Crippen LogP contribution in [0.4, 0.5) is 13.2 Å². The Morgan fingerprint density at radius 2 is 2.16 bits per heavy atom. The number of alkyl halides is 3. The zero-order valence-electron chi connectivity index (χ0n) is 10.8. The highest BCUT2D eigenvalue weighted by Crippen LogP contribution is 2.34. The molecule has 0 aromatic heterocycles. The lowest BCUT2D eigenvalue weighted by molar-refractivity contribution is -0.274. The Balaban J connectivity index is 1.83. The van der Waals surface area contributed by atoms with Gasteiger partial charge in [0.25, 0.3) is 0 Å². The zero-order chi connectivity index (χ0) is 13.9. The molecule has 0 amide bonds. The van der Waals surface area contributed by atoms with E-state index in [2.05, 4.69) is 17.0 Å². The third kappa shape index (κ3) is 4.74. The fraction of sp³-hybridized carbons (Fsp3) is 0.571. The van der Waals surface area contributed by atoms with Crippen molar-refractivity contribution >= 4 is 0 Å². The molecule has 0 spiro atoms. The van der Waals surface area contributed by atoms with Gasteiger partial charge in [-0.15, -0.1) is 13.2 Å². The molecule has 1 saturated carbocycles. The number of nitrogens with one attached hydrogen (secondary N) is 1. The van der Waals surface area contributed by atoms with Crippen LogP contribution in [0.1, 0.15) is 31.7 Å². The van der Waals surface area contributed by atoms with Gasteiger partial charge in [0, 0.05) is 12.6 Å². The minimum Gasteiger partial charge on any atom is -0.406 e. The summed E-state index contributed by atoms with van der Waals surface area (Å²) in [7, 11) is 0. The van der Waals surface area contributed by atoms with E-state index in [4.69, 9.17) is 0 Å². The van der Waals surface area contributed by atoms with Crippen molar-refractivity contribution in [2.75, 3.05) is 0 Å². The molecule has 2 atom stereocenters. The minimum absolute atomic E-state index is 0.160. The lowest BCUT2D eigenvalue weighted by atomic mass is 10.2. The van der Waals surface area contributed by atoms with Crippen LogP contribution in [0.3, 0.4) is 0 Å². The monoisotopic (exact) mass is 273 g/mol. The standard InChI is InChI=1S/C14H18F3NO/c1-2-4-11-8-13(11)18-9-10-5-3-6-12(7-10)19-14(15,16)17/h3,5-7,11,13,18H,2,4,8-9H2,1H3. The van der Waals surface area contributed by atoms with Gasteiger partial charge in [-0.1, -0.05) is 25.5 Å². The van der Waals surface area contributed by atoms with Crippen LogP contribution in [0.2, 0.25) is 0 Å². The van der Waals surface area contributed by atoms with E-state index in [1.807, 2.05) is 0 Å². The smallest absolute Gasteiger partial charge is 0.406 e. The summed E-state index contributed by atoms with van der Waals surface area (Å²) in [6.45, 7) is 2.74. The molecule has 0 saturated heterocycles. The highest BCUT2D eigenvalue weighted by molar-refractivity contribution is 5.28. The van der Waals surface area contributed by atoms with E-state index in [1.165, 1.54) is 31.4 Å². The molecule has 19 heavy (non-hydrogen) atoms. The molecule has 0 aliphatic heterocycles. The molecule has 1 aliphatic carbocycles. The number of hydrogen-bond donors (Lipinski definition) is 1. The Morgan fingerprint density at radius 3 is 2.84 bits per heavy atom. The van der Waals surface area contributed by atoms with E-state index in [9.17, 15) is 13.2 Å². The summed E-state index contributed by atoms with van der Waals surface area (Å²) in [4.78, 5) is 0. The van der Waals surface area contributed by atoms with Gasteiger partial charge in [0.05, 0.1) is 0 Å². The third-order valence-corrected chi connectivity index (χ3v) is 3.28. The van der Waals surface area contributed by atoms with Gasteiger partial charge < -0.3 is 10.1 Å². The summed E-state index contributed by atoms with van der Waals surface area (Å²) >= 11 is 0. The van der Waals surface area contributed by atoms with Crippen molar-refractivity contribution in [3.05, 3.63) is 29.8 Å². The maximum Gasteiger partial charge on any atom is 0.573 e. The Hall–Kier alpha value is -1.23. The van der Waals surface area contributed by atoms with Gasteiger partial charge in [-0.25, -0.2) is 0 Å². The molecule has 1 aromatic carbocycles. The first-order valence-electron chi connectivity index (χ1n) is 6.56. The molecular weight excluding hydrogens is 255 g/mol. The summed E-state index contributed by atoms with van der Waals surface area (Å²) in [6.07, 6.45) is -1.06. The van der Waals surface area contributed by atoms with Crippen molar-refractivity contribution in [1.82, 2.24) is 5.32 Å². The Morgan fingerprint density at radius 1 is 1.37 bits per heavy atom. The number of hydrogen-bond acceptors (Lipinski definition) is 2. The molecule has 1 fully saturated rings. The van der Waals surface area contributed by atoms with Gasteiger partial charge in [-0.2, -0.15) is 0 Å². The van der Waals surface area contributed by atoms with Crippen LogP contribution in [-0.2, 0) is 6.54 Å². The van der Waals surface area contributed by atoms with E-state index in [0.29, 0.717) is 12.6 Å². The van der Waals surface area contributed by atoms with Gasteiger partial charge in [0.15, 0.2) is 0 Å². The fourth-order valence-corrected chi connectivity index (χ4v) is 2.29. The second-order valence-electron chi connectivity index (χ2n) is 4.97.